The molecule has 0 saturated carbocycles. The highest BCUT2D eigenvalue weighted by Crippen LogP contribution is 2.27. The Morgan fingerprint density at radius 1 is 0.929 bits per heavy atom. The van der Waals surface area contributed by atoms with Crippen LogP contribution in [0.25, 0.3) is 0 Å². The van der Waals surface area contributed by atoms with Gasteiger partial charge < -0.3 is 10.1 Å². The van der Waals surface area contributed by atoms with E-state index in [9.17, 15) is 0 Å². The lowest BCUT2D eigenvalue weighted by Crippen LogP contribution is -2.25. The third-order valence-electron chi connectivity index (χ3n) is 4.67. The summed E-state index contributed by atoms with van der Waals surface area (Å²) in [4.78, 5) is 0. The topological polar surface area (TPSA) is 21.3 Å². The molecule has 0 heterocycles. The number of halogens is 2. The van der Waals surface area contributed by atoms with Crippen LogP contribution in [0.15, 0.2) is 77.3 Å². The van der Waals surface area contributed by atoms with Crippen molar-refractivity contribution in [3.05, 3.63) is 99.0 Å². The molecule has 146 valence electrons. The van der Waals surface area contributed by atoms with Crippen LogP contribution in [-0.4, -0.2) is 6.04 Å². The van der Waals surface area contributed by atoms with Gasteiger partial charge in [0.25, 0.3) is 0 Å². The number of rotatable bonds is 9. The summed E-state index contributed by atoms with van der Waals surface area (Å²) in [5, 5.41) is 4.34. The molecule has 0 saturated heterocycles. The molecular weight excluding hydrogens is 434 g/mol. The molecule has 4 heteroatoms. The van der Waals surface area contributed by atoms with Crippen molar-refractivity contribution < 1.29 is 4.74 Å². The summed E-state index contributed by atoms with van der Waals surface area (Å²) >= 11 is 9.55. The van der Waals surface area contributed by atoms with Crippen LogP contribution in [0, 0.1) is 0 Å². The first-order valence-electron chi connectivity index (χ1n) is 9.53. The zero-order valence-electron chi connectivity index (χ0n) is 16.0. The molecule has 3 rings (SSSR count). The van der Waals surface area contributed by atoms with Gasteiger partial charge in [-0.25, -0.2) is 0 Å². The summed E-state index contributed by atoms with van der Waals surface area (Å²) in [5.74, 6) is 0.843. The van der Waals surface area contributed by atoms with Crippen LogP contribution in [0.3, 0.4) is 0 Å². The van der Waals surface area contributed by atoms with Gasteiger partial charge in [-0.2, -0.15) is 0 Å². The number of hydrogen-bond acceptors (Lipinski definition) is 2. The zero-order chi connectivity index (χ0) is 19.8. The first-order chi connectivity index (χ1) is 13.6. The molecule has 0 unspecified atom stereocenters. The van der Waals surface area contributed by atoms with Crippen molar-refractivity contribution in [1.29, 1.82) is 0 Å². The quantitative estimate of drug-likeness (QED) is 0.381. The molecule has 3 aromatic carbocycles. The Kier molecular flexibility index (Phi) is 7.96. The fourth-order valence-corrected chi connectivity index (χ4v) is 3.60. The maximum absolute atomic E-state index is 5.92. The van der Waals surface area contributed by atoms with Crippen LogP contribution in [0.2, 0.25) is 5.02 Å². The van der Waals surface area contributed by atoms with Crippen LogP contribution >= 0.6 is 27.5 Å². The van der Waals surface area contributed by atoms with Crippen molar-refractivity contribution in [2.45, 2.75) is 39.0 Å². The number of ether oxygens (including phenoxy) is 1. The monoisotopic (exact) mass is 457 g/mol. The number of hydrogen-bond donors (Lipinski definition) is 1. The largest absolute Gasteiger partial charge is 0.488 e. The number of nitrogens with one attached hydrogen (secondary N) is 1. The van der Waals surface area contributed by atoms with Crippen molar-refractivity contribution in [3.8, 4) is 5.75 Å². The van der Waals surface area contributed by atoms with Crippen LogP contribution in [0.1, 0.15) is 30.0 Å². The van der Waals surface area contributed by atoms with Gasteiger partial charge in [0, 0.05) is 17.6 Å². The number of aryl methyl sites for hydroxylation is 1. The Labute approximate surface area is 181 Å². The van der Waals surface area contributed by atoms with Gasteiger partial charge >= 0.3 is 0 Å². The molecule has 0 spiro atoms. The van der Waals surface area contributed by atoms with E-state index in [1.807, 2.05) is 30.3 Å². The van der Waals surface area contributed by atoms with E-state index in [4.69, 9.17) is 16.3 Å². The first-order valence-corrected chi connectivity index (χ1v) is 10.7. The van der Waals surface area contributed by atoms with E-state index in [0.29, 0.717) is 12.6 Å². The van der Waals surface area contributed by atoms with Gasteiger partial charge in [0.1, 0.15) is 12.4 Å². The fourth-order valence-electron chi connectivity index (χ4n) is 2.94. The summed E-state index contributed by atoms with van der Waals surface area (Å²) in [5.41, 5.74) is 3.72. The van der Waals surface area contributed by atoms with Gasteiger partial charge in [0.05, 0.1) is 4.47 Å². The Morgan fingerprint density at radius 3 is 2.36 bits per heavy atom. The van der Waals surface area contributed by atoms with E-state index in [1.165, 1.54) is 11.1 Å². The fraction of sp³-hybridized carbons (Fsp3) is 0.250. The van der Waals surface area contributed by atoms with Gasteiger partial charge in [-0.05, 0) is 76.7 Å². The molecule has 0 aromatic heterocycles. The maximum atomic E-state index is 5.92. The van der Waals surface area contributed by atoms with Crippen LogP contribution in [0.5, 0.6) is 5.75 Å². The summed E-state index contributed by atoms with van der Waals surface area (Å²) in [6, 6.07) is 25.1. The third kappa shape index (κ3) is 6.66. The zero-order valence-corrected chi connectivity index (χ0v) is 18.3. The Balaban J connectivity index is 1.46. The molecule has 1 atom stereocenters. The van der Waals surface area contributed by atoms with Crippen molar-refractivity contribution in [1.82, 2.24) is 5.32 Å². The molecule has 0 amide bonds. The average Bonchev–Trinajstić information content (AvgIpc) is 2.72. The van der Waals surface area contributed by atoms with Crippen molar-refractivity contribution >= 4 is 27.5 Å². The highest BCUT2D eigenvalue weighted by Gasteiger charge is 2.06. The predicted octanol–water partition coefficient (Wildman–Crippen LogP) is 6.79. The van der Waals surface area contributed by atoms with E-state index in [-0.39, 0.29) is 0 Å². The van der Waals surface area contributed by atoms with Gasteiger partial charge in [-0.15, -0.1) is 0 Å². The maximum Gasteiger partial charge on any atom is 0.134 e. The Morgan fingerprint density at radius 2 is 1.64 bits per heavy atom. The van der Waals surface area contributed by atoms with Crippen molar-refractivity contribution in [2.24, 2.45) is 0 Å². The molecule has 0 aliphatic heterocycles. The van der Waals surface area contributed by atoms with Crippen molar-refractivity contribution in [3.63, 3.8) is 0 Å². The van der Waals surface area contributed by atoms with Gasteiger partial charge in [-0.3, -0.25) is 0 Å². The second kappa shape index (κ2) is 10.7. The van der Waals surface area contributed by atoms with E-state index in [2.05, 4.69) is 70.6 Å². The summed E-state index contributed by atoms with van der Waals surface area (Å²) in [7, 11) is 0. The second-order valence-corrected chi connectivity index (χ2v) is 8.28. The van der Waals surface area contributed by atoms with E-state index in [1.54, 1.807) is 0 Å². The summed E-state index contributed by atoms with van der Waals surface area (Å²) in [6.07, 6.45) is 2.21. The standard InChI is InChI=1S/C24H25BrClNO/c1-18(7-8-19-5-3-2-4-6-19)27-16-21-11-14-24(23(25)15-21)28-17-20-9-12-22(26)13-10-20/h2-6,9-15,18,27H,7-8,16-17H2,1H3/t18-/m0/s1. The normalized spacial score (nSPS) is 12.0. The Hall–Kier alpha value is -1.81. The number of benzene rings is 3. The molecule has 3 aromatic rings. The minimum absolute atomic E-state index is 0.458. The lowest BCUT2D eigenvalue weighted by atomic mass is 10.1. The SMILES string of the molecule is C[C@@H](CCc1ccccc1)NCc1ccc(OCc2ccc(Cl)cc2)c(Br)c1. The van der Waals surface area contributed by atoms with E-state index < -0.39 is 0 Å². The highest BCUT2D eigenvalue weighted by molar-refractivity contribution is 9.10. The second-order valence-electron chi connectivity index (χ2n) is 6.99. The van der Waals surface area contributed by atoms with Gasteiger partial charge in [-0.1, -0.05) is 60.1 Å². The molecule has 0 bridgehead atoms. The van der Waals surface area contributed by atoms with E-state index in [0.717, 1.165) is 40.2 Å². The molecule has 0 radical (unpaired) electrons. The molecular formula is C24H25BrClNO. The van der Waals surface area contributed by atoms with Gasteiger partial charge in [0.15, 0.2) is 0 Å². The summed E-state index contributed by atoms with van der Waals surface area (Å²) in [6.45, 7) is 3.59. The minimum Gasteiger partial charge on any atom is -0.488 e. The first kappa shape index (κ1) is 20.9. The molecule has 2 nitrogen and oxygen atoms in total. The highest BCUT2D eigenvalue weighted by atomic mass is 79.9. The molecule has 0 aliphatic carbocycles. The molecule has 1 N–H and O–H groups in total. The van der Waals surface area contributed by atoms with Crippen LogP contribution in [-0.2, 0) is 19.6 Å². The minimum atomic E-state index is 0.458. The third-order valence-corrected chi connectivity index (χ3v) is 5.54. The smallest absolute Gasteiger partial charge is 0.134 e. The Bertz CT molecular complexity index is 868. The van der Waals surface area contributed by atoms with Crippen LogP contribution in [0.4, 0.5) is 0 Å². The van der Waals surface area contributed by atoms with Crippen LogP contribution < -0.4 is 10.1 Å². The predicted molar refractivity (Wildman–Crippen MR) is 121 cm³/mol. The molecule has 0 aliphatic rings. The lowest BCUT2D eigenvalue weighted by Gasteiger charge is -2.15. The van der Waals surface area contributed by atoms with Crippen molar-refractivity contribution in [2.75, 3.05) is 0 Å². The van der Waals surface area contributed by atoms with Gasteiger partial charge in [0.2, 0.25) is 0 Å². The molecule has 28 heavy (non-hydrogen) atoms. The summed E-state index contributed by atoms with van der Waals surface area (Å²) < 4.78 is 6.89. The lowest BCUT2D eigenvalue weighted by molar-refractivity contribution is 0.304. The molecule has 0 fully saturated rings. The van der Waals surface area contributed by atoms with E-state index >= 15 is 0 Å². The average molecular weight is 459 g/mol.